The summed E-state index contributed by atoms with van der Waals surface area (Å²) < 4.78 is 14.4. The highest BCUT2D eigenvalue weighted by atomic mass is 79.9. The molecule has 2 rings (SSSR count). The van der Waals surface area contributed by atoms with Crippen molar-refractivity contribution in [2.24, 2.45) is 0 Å². The molecule has 0 fully saturated rings. The summed E-state index contributed by atoms with van der Waals surface area (Å²) in [4.78, 5) is 23.3. The predicted octanol–water partition coefficient (Wildman–Crippen LogP) is 4.11. The van der Waals surface area contributed by atoms with Gasteiger partial charge in [-0.2, -0.15) is 0 Å². The molecule has 6 heteroatoms. The van der Waals surface area contributed by atoms with E-state index in [9.17, 15) is 14.0 Å². The van der Waals surface area contributed by atoms with Crippen LogP contribution >= 0.6 is 15.9 Å². The molecular formula is C16H14BrFN2O2. The van der Waals surface area contributed by atoms with Gasteiger partial charge >= 0.3 is 0 Å². The SMILES string of the molecule is CC(=O)Nc1ccc(C)c(NC(=O)c2ccc(Br)cc2F)c1. The van der Waals surface area contributed by atoms with Crippen molar-refractivity contribution in [1.82, 2.24) is 0 Å². The molecule has 22 heavy (non-hydrogen) atoms. The zero-order valence-electron chi connectivity index (χ0n) is 12.0. The van der Waals surface area contributed by atoms with E-state index in [1.54, 1.807) is 24.3 Å². The molecular weight excluding hydrogens is 351 g/mol. The average molecular weight is 365 g/mol. The number of aryl methyl sites for hydroxylation is 1. The van der Waals surface area contributed by atoms with E-state index in [0.29, 0.717) is 15.8 Å². The van der Waals surface area contributed by atoms with Crippen LogP contribution < -0.4 is 10.6 Å². The Morgan fingerprint density at radius 3 is 2.45 bits per heavy atom. The molecule has 2 amide bonds. The number of hydrogen-bond donors (Lipinski definition) is 2. The summed E-state index contributed by atoms with van der Waals surface area (Å²) in [6, 6.07) is 9.35. The molecule has 0 atom stereocenters. The lowest BCUT2D eigenvalue weighted by atomic mass is 10.1. The Bertz CT molecular complexity index is 747. The van der Waals surface area contributed by atoms with Gasteiger partial charge < -0.3 is 10.6 Å². The number of hydrogen-bond acceptors (Lipinski definition) is 2. The van der Waals surface area contributed by atoms with Gasteiger partial charge in [-0.3, -0.25) is 9.59 Å². The maximum Gasteiger partial charge on any atom is 0.258 e. The van der Waals surface area contributed by atoms with Crippen LogP contribution in [0.25, 0.3) is 0 Å². The summed E-state index contributed by atoms with van der Waals surface area (Å²) in [5.74, 6) is -1.37. The van der Waals surface area contributed by atoms with Gasteiger partial charge in [0.15, 0.2) is 0 Å². The van der Waals surface area contributed by atoms with Crippen LogP contribution in [0.15, 0.2) is 40.9 Å². The fraction of sp³-hybridized carbons (Fsp3) is 0.125. The van der Waals surface area contributed by atoms with Gasteiger partial charge in [-0.15, -0.1) is 0 Å². The molecule has 0 aliphatic rings. The van der Waals surface area contributed by atoms with Crippen molar-refractivity contribution >= 4 is 39.1 Å². The molecule has 0 saturated heterocycles. The van der Waals surface area contributed by atoms with E-state index in [1.807, 2.05) is 6.92 Å². The van der Waals surface area contributed by atoms with E-state index in [1.165, 1.54) is 19.1 Å². The minimum Gasteiger partial charge on any atom is -0.326 e. The van der Waals surface area contributed by atoms with Crippen LogP contribution in [-0.2, 0) is 4.79 Å². The quantitative estimate of drug-likeness (QED) is 0.860. The summed E-state index contributed by atoms with van der Waals surface area (Å²) in [5, 5.41) is 5.29. The van der Waals surface area contributed by atoms with Crippen molar-refractivity contribution in [3.63, 3.8) is 0 Å². The Morgan fingerprint density at radius 1 is 1.09 bits per heavy atom. The van der Waals surface area contributed by atoms with E-state index in [4.69, 9.17) is 0 Å². The molecule has 0 aliphatic heterocycles. The fourth-order valence-electron chi connectivity index (χ4n) is 1.90. The van der Waals surface area contributed by atoms with Crippen molar-refractivity contribution in [1.29, 1.82) is 0 Å². The number of nitrogens with one attached hydrogen (secondary N) is 2. The highest BCUT2D eigenvalue weighted by Crippen LogP contribution is 2.22. The third-order valence-corrected chi connectivity index (χ3v) is 3.48. The molecule has 0 aromatic heterocycles. The lowest BCUT2D eigenvalue weighted by Crippen LogP contribution is -2.15. The minimum absolute atomic E-state index is 0.0486. The van der Waals surface area contributed by atoms with Gasteiger partial charge in [0.2, 0.25) is 5.91 Å². The van der Waals surface area contributed by atoms with E-state index >= 15 is 0 Å². The average Bonchev–Trinajstić information content (AvgIpc) is 2.41. The molecule has 2 aromatic carbocycles. The van der Waals surface area contributed by atoms with Crippen LogP contribution in [0.2, 0.25) is 0 Å². The first kappa shape index (κ1) is 16.2. The van der Waals surface area contributed by atoms with Gasteiger partial charge in [-0.05, 0) is 42.8 Å². The zero-order valence-corrected chi connectivity index (χ0v) is 13.6. The van der Waals surface area contributed by atoms with Crippen LogP contribution in [0, 0.1) is 12.7 Å². The molecule has 0 saturated carbocycles. The second-order valence-electron chi connectivity index (χ2n) is 4.79. The molecule has 2 aromatic rings. The van der Waals surface area contributed by atoms with Gasteiger partial charge in [-0.1, -0.05) is 22.0 Å². The molecule has 0 unspecified atom stereocenters. The van der Waals surface area contributed by atoms with E-state index in [-0.39, 0.29) is 11.5 Å². The minimum atomic E-state index is -0.609. The Kier molecular flexibility index (Phi) is 4.92. The number of anilines is 2. The van der Waals surface area contributed by atoms with Crippen molar-refractivity contribution in [2.75, 3.05) is 10.6 Å². The molecule has 2 N–H and O–H groups in total. The topological polar surface area (TPSA) is 58.2 Å². The van der Waals surface area contributed by atoms with Crippen LogP contribution in [0.1, 0.15) is 22.8 Å². The molecule has 114 valence electrons. The summed E-state index contributed by atoms with van der Waals surface area (Å²) in [5.41, 5.74) is 1.83. The number of amides is 2. The third kappa shape index (κ3) is 3.92. The summed E-state index contributed by atoms with van der Waals surface area (Å²) in [7, 11) is 0. The fourth-order valence-corrected chi connectivity index (χ4v) is 2.23. The maximum absolute atomic E-state index is 13.8. The van der Waals surface area contributed by atoms with Crippen molar-refractivity contribution in [3.05, 3.63) is 57.8 Å². The van der Waals surface area contributed by atoms with E-state index in [2.05, 4.69) is 26.6 Å². The van der Waals surface area contributed by atoms with Crippen molar-refractivity contribution in [3.8, 4) is 0 Å². The van der Waals surface area contributed by atoms with Crippen molar-refractivity contribution < 1.29 is 14.0 Å². The molecule has 0 heterocycles. The Morgan fingerprint density at radius 2 is 1.82 bits per heavy atom. The first-order valence-corrected chi connectivity index (χ1v) is 7.31. The number of halogens is 2. The molecule has 0 radical (unpaired) electrons. The van der Waals surface area contributed by atoms with Gasteiger partial charge in [0.05, 0.1) is 5.56 Å². The highest BCUT2D eigenvalue weighted by molar-refractivity contribution is 9.10. The number of benzene rings is 2. The second kappa shape index (κ2) is 6.70. The largest absolute Gasteiger partial charge is 0.326 e. The first-order chi connectivity index (χ1) is 10.4. The Labute approximate surface area is 135 Å². The summed E-state index contributed by atoms with van der Waals surface area (Å²) in [6.45, 7) is 3.21. The summed E-state index contributed by atoms with van der Waals surface area (Å²) >= 11 is 3.14. The summed E-state index contributed by atoms with van der Waals surface area (Å²) in [6.07, 6.45) is 0. The molecule has 0 aliphatic carbocycles. The second-order valence-corrected chi connectivity index (χ2v) is 5.70. The van der Waals surface area contributed by atoms with Crippen molar-refractivity contribution in [2.45, 2.75) is 13.8 Å². The van der Waals surface area contributed by atoms with Gasteiger partial charge in [-0.25, -0.2) is 4.39 Å². The Hall–Kier alpha value is -2.21. The number of carbonyl (C=O) groups excluding carboxylic acids is 2. The lowest BCUT2D eigenvalue weighted by Gasteiger charge is -2.11. The van der Waals surface area contributed by atoms with Crippen LogP contribution in [0.4, 0.5) is 15.8 Å². The molecule has 0 spiro atoms. The van der Waals surface area contributed by atoms with Gasteiger partial charge in [0, 0.05) is 22.8 Å². The van der Waals surface area contributed by atoms with Gasteiger partial charge in [0.25, 0.3) is 5.91 Å². The number of carbonyl (C=O) groups is 2. The standard InChI is InChI=1S/C16H14BrFN2O2/c1-9-3-5-12(19-10(2)21)8-15(9)20-16(22)13-6-4-11(17)7-14(13)18/h3-8H,1-2H3,(H,19,21)(H,20,22). The van der Waals surface area contributed by atoms with Crippen LogP contribution in [-0.4, -0.2) is 11.8 Å². The molecule has 4 nitrogen and oxygen atoms in total. The first-order valence-electron chi connectivity index (χ1n) is 6.51. The Balaban J connectivity index is 2.25. The lowest BCUT2D eigenvalue weighted by molar-refractivity contribution is -0.114. The smallest absolute Gasteiger partial charge is 0.258 e. The normalized spacial score (nSPS) is 10.2. The van der Waals surface area contributed by atoms with Gasteiger partial charge in [0.1, 0.15) is 5.82 Å². The third-order valence-electron chi connectivity index (χ3n) is 2.98. The highest BCUT2D eigenvalue weighted by Gasteiger charge is 2.13. The van der Waals surface area contributed by atoms with Crippen LogP contribution in [0.5, 0.6) is 0 Å². The maximum atomic E-state index is 13.8. The van der Waals surface area contributed by atoms with E-state index < -0.39 is 11.7 Å². The zero-order chi connectivity index (χ0) is 16.3. The number of rotatable bonds is 3. The monoisotopic (exact) mass is 364 g/mol. The molecule has 0 bridgehead atoms. The van der Waals surface area contributed by atoms with E-state index in [0.717, 1.165) is 5.56 Å². The van der Waals surface area contributed by atoms with Crippen LogP contribution in [0.3, 0.4) is 0 Å². The predicted molar refractivity (Wildman–Crippen MR) is 87.5 cm³/mol.